The van der Waals surface area contributed by atoms with Gasteiger partial charge in [-0.15, -0.1) is 0 Å². The van der Waals surface area contributed by atoms with Crippen LogP contribution >= 0.6 is 11.6 Å². The zero-order chi connectivity index (χ0) is 21.7. The van der Waals surface area contributed by atoms with E-state index in [1.807, 2.05) is 0 Å². The van der Waals surface area contributed by atoms with E-state index >= 15 is 0 Å². The first-order chi connectivity index (χ1) is 14.4. The number of halogens is 1. The molecule has 2 aromatic rings. The molecule has 1 amide bonds. The molecule has 30 heavy (non-hydrogen) atoms. The predicted molar refractivity (Wildman–Crippen MR) is 108 cm³/mol. The summed E-state index contributed by atoms with van der Waals surface area (Å²) in [4.78, 5) is 35.1. The van der Waals surface area contributed by atoms with E-state index in [4.69, 9.17) is 25.8 Å². The molecule has 3 rings (SSSR count). The van der Waals surface area contributed by atoms with E-state index in [1.165, 1.54) is 18.2 Å². The van der Waals surface area contributed by atoms with E-state index in [-0.39, 0.29) is 18.0 Å². The molecule has 158 valence electrons. The Morgan fingerprint density at radius 2 is 2.10 bits per heavy atom. The first-order valence-corrected chi connectivity index (χ1v) is 9.54. The minimum atomic E-state index is -0.698. The van der Waals surface area contributed by atoms with Crippen molar-refractivity contribution in [1.82, 2.24) is 0 Å². The Bertz CT molecular complexity index is 980. The summed E-state index contributed by atoms with van der Waals surface area (Å²) in [5.74, 6) is -0.911. The standard InChI is InChI=1S/C20H19ClN2O7/c1-2-28-15-4-5-16(17(9-15)23(26)27)22-19(24)11-30-20(25)13-7-12-8-14(21)3-6-18(12)29-10-13/h3-6,8-9,13H,2,7,10-11H2,1H3,(H,22,24). The number of nitro groups is 1. The molecule has 0 radical (unpaired) electrons. The minimum Gasteiger partial charge on any atom is -0.494 e. The molecule has 0 spiro atoms. The molecule has 9 nitrogen and oxygen atoms in total. The Morgan fingerprint density at radius 3 is 2.83 bits per heavy atom. The van der Waals surface area contributed by atoms with Crippen molar-refractivity contribution in [1.29, 1.82) is 0 Å². The fourth-order valence-electron chi connectivity index (χ4n) is 2.98. The van der Waals surface area contributed by atoms with Crippen LogP contribution in [0.4, 0.5) is 11.4 Å². The molecule has 2 aromatic carbocycles. The normalized spacial score (nSPS) is 14.8. The predicted octanol–water partition coefficient (Wildman–Crippen LogP) is 3.38. The molecule has 1 unspecified atom stereocenters. The topological polar surface area (TPSA) is 117 Å². The molecule has 0 aliphatic carbocycles. The number of esters is 1. The van der Waals surface area contributed by atoms with Crippen molar-refractivity contribution in [3.05, 3.63) is 57.1 Å². The van der Waals surface area contributed by atoms with Crippen LogP contribution in [-0.2, 0) is 20.7 Å². The van der Waals surface area contributed by atoms with Crippen LogP contribution in [0, 0.1) is 16.0 Å². The number of hydrogen-bond donors (Lipinski definition) is 1. The number of nitro benzene ring substituents is 1. The van der Waals surface area contributed by atoms with Gasteiger partial charge in [-0.2, -0.15) is 0 Å². The van der Waals surface area contributed by atoms with Crippen LogP contribution in [0.5, 0.6) is 11.5 Å². The number of benzene rings is 2. The number of fused-ring (bicyclic) bond motifs is 1. The second-order valence-corrected chi connectivity index (χ2v) is 6.93. The second-order valence-electron chi connectivity index (χ2n) is 6.49. The fourth-order valence-corrected chi connectivity index (χ4v) is 3.17. The lowest BCUT2D eigenvalue weighted by atomic mass is 9.97. The number of carbonyl (C=O) groups is 2. The van der Waals surface area contributed by atoms with Crippen molar-refractivity contribution in [2.24, 2.45) is 5.92 Å². The lowest BCUT2D eigenvalue weighted by Gasteiger charge is -2.24. The zero-order valence-electron chi connectivity index (χ0n) is 16.1. The van der Waals surface area contributed by atoms with E-state index in [0.717, 1.165) is 5.56 Å². The molecule has 0 aromatic heterocycles. The lowest BCUT2D eigenvalue weighted by molar-refractivity contribution is -0.384. The Balaban J connectivity index is 1.57. The van der Waals surface area contributed by atoms with E-state index in [0.29, 0.717) is 29.5 Å². The third kappa shape index (κ3) is 5.18. The maximum absolute atomic E-state index is 12.3. The maximum atomic E-state index is 12.3. The highest BCUT2D eigenvalue weighted by Crippen LogP contribution is 2.31. The first kappa shape index (κ1) is 21.4. The van der Waals surface area contributed by atoms with Crippen LogP contribution in [0.15, 0.2) is 36.4 Å². The molecule has 1 atom stereocenters. The van der Waals surface area contributed by atoms with Crippen LogP contribution < -0.4 is 14.8 Å². The van der Waals surface area contributed by atoms with Crippen LogP contribution in [-0.4, -0.2) is 36.6 Å². The van der Waals surface area contributed by atoms with Crippen LogP contribution in [0.1, 0.15) is 12.5 Å². The van der Waals surface area contributed by atoms with Gasteiger partial charge in [-0.05, 0) is 49.2 Å². The highest BCUT2D eigenvalue weighted by Gasteiger charge is 2.28. The van der Waals surface area contributed by atoms with Crippen molar-refractivity contribution in [3.8, 4) is 11.5 Å². The monoisotopic (exact) mass is 434 g/mol. The van der Waals surface area contributed by atoms with Gasteiger partial charge < -0.3 is 19.5 Å². The van der Waals surface area contributed by atoms with Crippen LogP contribution in [0.2, 0.25) is 5.02 Å². The van der Waals surface area contributed by atoms with Gasteiger partial charge in [0.15, 0.2) is 6.61 Å². The number of ether oxygens (including phenoxy) is 3. The molecule has 0 fully saturated rings. The number of nitrogens with zero attached hydrogens (tertiary/aromatic N) is 1. The number of hydrogen-bond acceptors (Lipinski definition) is 7. The summed E-state index contributed by atoms with van der Waals surface area (Å²) in [5, 5.41) is 14.2. The fraction of sp³-hybridized carbons (Fsp3) is 0.300. The van der Waals surface area contributed by atoms with Crippen molar-refractivity contribution in [2.75, 3.05) is 25.1 Å². The third-order valence-corrected chi connectivity index (χ3v) is 4.59. The highest BCUT2D eigenvalue weighted by atomic mass is 35.5. The highest BCUT2D eigenvalue weighted by molar-refractivity contribution is 6.30. The number of nitrogens with one attached hydrogen (secondary N) is 1. The SMILES string of the molecule is CCOc1ccc(NC(=O)COC(=O)C2COc3ccc(Cl)cc3C2)c([N+](=O)[O-])c1. The average molecular weight is 435 g/mol. The van der Waals surface area contributed by atoms with Gasteiger partial charge in [-0.3, -0.25) is 19.7 Å². The van der Waals surface area contributed by atoms with Gasteiger partial charge in [-0.25, -0.2) is 0 Å². The molecule has 1 heterocycles. The Labute approximate surface area is 177 Å². The summed E-state index contributed by atoms with van der Waals surface area (Å²) in [6, 6.07) is 9.22. The summed E-state index contributed by atoms with van der Waals surface area (Å²) in [5.41, 5.74) is 0.439. The first-order valence-electron chi connectivity index (χ1n) is 9.16. The lowest BCUT2D eigenvalue weighted by Crippen LogP contribution is -2.32. The van der Waals surface area contributed by atoms with Gasteiger partial charge in [0, 0.05) is 5.02 Å². The zero-order valence-corrected chi connectivity index (χ0v) is 16.8. The van der Waals surface area contributed by atoms with Crippen molar-refractivity contribution in [3.63, 3.8) is 0 Å². The number of carbonyl (C=O) groups excluding carboxylic acids is 2. The average Bonchev–Trinajstić information content (AvgIpc) is 2.72. The van der Waals surface area contributed by atoms with E-state index in [2.05, 4.69) is 5.32 Å². The summed E-state index contributed by atoms with van der Waals surface area (Å²) in [6.45, 7) is 1.64. The number of amides is 1. The Kier molecular flexibility index (Phi) is 6.73. The van der Waals surface area contributed by atoms with Gasteiger partial charge in [0.25, 0.3) is 11.6 Å². The van der Waals surface area contributed by atoms with Gasteiger partial charge in [0.05, 0.1) is 23.5 Å². The molecule has 0 saturated heterocycles. The summed E-state index contributed by atoms with van der Waals surface area (Å²) in [6.07, 6.45) is 0.376. The molecule has 1 N–H and O–H groups in total. The maximum Gasteiger partial charge on any atom is 0.313 e. The van der Waals surface area contributed by atoms with E-state index < -0.39 is 29.3 Å². The molecule has 10 heteroatoms. The van der Waals surface area contributed by atoms with Crippen molar-refractivity contribution < 1.29 is 28.7 Å². The Hall–Kier alpha value is -3.33. The smallest absolute Gasteiger partial charge is 0.313 e. The summed E-state index contributed by atoms with van der Waals surface area (Å²) < 4.78 is 15.8. The largest absolute Gasteiger partial charge is 0.494 e. The third-order valence-electron chi connectivity index (χ3n) is 4.36. The van der Waals surface area contributed by atoms with Crippen molar-refractivity contribution >= 4 is 34.9 Å². The second kappa shape index (κ2) is 9.45. The molecular formula is C20H19ClN2O7. The number of anilines is 1. The van der Waals surface area contributed by atoms with Crippen LogP contribution in [0.3, 0.4) is 0 Å². The Morgan fingerprint density at radius 1 is 1.30 bits per heavy atom. The van der Waals surface area contributed by atoms with Crippen molar-refractivity contribution in [2.45, 2.75) is 13.3 Å². The van der Waals surface area contributed by atoms with Gasteiger partial charge >= 0.3 is 5.97 Å². The quantitative estimate of drug-likeness (QED) is 0.403. The molecule has 0 saturated carbocycles. The summed E-state index contributed by atoms with van der Waals surface area (Å²) >= 11 is 5.97. The van der Waals surface area contributed by atoms with Gasteiger partial charge in [0.1, 0.15) is 23.8 Å². The number of rotatable bonds is 7. The molecule has 1 aliphatic rings. The molecular weight excluding hydrogens is 416 g/mol. The van der Waals surface area contributed by atoms with E-state index in [1.54, 1.807) is 25.1 Å². The van der Waals surface area contributed by atoms with Gasteiger partial charge in [-0.1, -0.05) is 11.6 Å². The minimum absolute atomic E-state index is 0.0194. The molecule has 0 bridgehead atoms. The van der Waals surface area contributed by atoms with Crippen LogP contribution in [0.25, 0.3) is 0 Å². The summed E-state index contributed by atoms with van der Waals surface area (Å²) in [7, 11) is 0. The van der Waals surface area contributed by atoms with Gasteiger partial charge in [0.2, 0.25) is 0 Å². The molecule has 1 aliphatic heterocycles. The van der Waals surface area contributed by atoms with E-state index in [9.17, 15) is 19.7 Å².